The average Bonchev–Trinajstić information content (AvgIpc) is 2.29. The zero-order valence-electron chi connectivity index (χ0n) is 12.0. The molecule has 0 heterocycles. The second-order valence-electron chi connectivity index (χ2n) is 4.33. The minimum absolute atomic E-state index is 0.0187. The standard InChI is InChI=1S/C12H26N2O3S/c1-5-8-10-14(18(4,16)17)11-9-12(15)13(6-2)7-3/h5-11H2,1-4H3. The van der Waals surface area contributed by atoms with Crippen molar-refractivity contribution in [3.63, 3.8) is 0 Å². The normalized spacial score (nSPS) is 11.8. The summed E-state index contributed by atoms with van der Waals surface area (Å²) in [5.74, 6) is 0.0187. The molecule has 0 aliphatic heterocycles. The van der Waals surface area contributed by atoms with Crippen molar-refractivity contribution in [2.75, 3.05) is 32.4 Å². The van der Waals surface area contributed by atoms with Crippen molar-refractivity contribution >= 4 is 15.9 Å². The van der Waals surface area contributed by atoms with Gasteiger partial charge in [0, 0.05) is 32.6 Å². The summed E-state index contributed by atoms with van der Waals surface area (Å²) in [7, 11) is -3.21. The Balaban J connectivity index is 4.39. The fraction of sp³-hybridized carbons (Fsp3) is 0.917. The van der Waals surface area contributed by atoms with E-state index in [0.29, 0.717) is 19.6 Å². The van der Waals surface area contributed by atoms with Crippen molar-refractivity contribution < 1.29 is 13.2 Å². The highest BCUT2D eigenvalue weighted by atomic mass is 32.2. The Labute approximate surface area is 111 Å². The third-order valence-electron chi connectivity index (χ3n) is 2.92. The monoisotopic (exact) mass is 278 g/mol. The number of hydrogen-bond acceptors (Lipinski definition) is 3. The van der Waals surface area contributed by atoms with Crippen LogP contribution >= 0.6 is 0 Å². The molecule has 5 nitrogen and oxygen atoms in total. The minimum atomic E-state index is -3.21. The summed E-state index contributed by atoms with van der Waals surface area (Å²) in [6, 6.07) is 0. The number of amides is 1. The van der Waals surface area contributed by atoms with Gasteiger partial charge in [0.05, 0.1) is 6.26 Å². The molecule has 0 fully saturated rings. The number of carbonyl (C=O) groups excluding carboxylic acids is 1. The summed E-state index contributed by atoms with van der Waals surface area (Å²) in [6.45, 7) is 7.99. The Hall–Kier alpha value is -0.620. The van der Waals surface area contributed by atoms with Crippen LogP contribution in [0.15, 0.2) is 0 Å². The first-order valence-corrected chi connectivity index (χ1v) is 8.44. The van der Waals surface area contributed by atoms with Gasteiger partial charge in [0.2, 0.25) is 15.9 Å². The van der Waals surface area contributed by atoms with E-state index in [1.54, 1.807) is 4.90 Å². The van der Waals surface area contributed by atoms with E-state index in [9.17, 15) is 13.2 Å². The number of unbranched alkanes of at least 4 members (excludes halogenated alkanes) is 1. The summed E-state index contributed by atoms with van der Waals surface area (Å²) in [4.78, 5) is 13.5. The molecule has 18 heavy (non-hydrogen) atoms. The molecule has 0 spiro atoms. The van der Waals surface area contributed by atoms with Gasteiger partial charge in [0.1, 0.15) is 0 Å². The van der Waals surface area contributed by atoms with Crippen LogP contribution in [0, 0.1) is 0 Å². The highest BCUT2D eigenvalue weighted by Gasteiger charge is 2.18. The first kappa shape index (κ1) is 17.4. The molecule has 0 saturated heterocycles. The maximum Gasteiger partial charge on any atom is 0.223 e. The molecular formula is C12H26N2O3S. The van der Waals surface area contributed by atoms with Crippen LogP contribution in [0.25, 0.3) is 0 Å². The third-order valence-corrected chi connectivity index (χ3v) is 4.22. The number of hydrogen-bond donors (Lipinski definition) is 0. The Morgan fingerprint density at radius 3 is 2.00 bits per heavy atom. The molecule has 0 aliphatic rings. The van der Waals surface area contributed by atoms with Crippen LogP contribution in [0.2, 0.25) is 0 Å². The van der Waals surface area contributed by atoms with E-state index in [4.69, 9.17) is 0 Å². The van der Waals surface area contributed by atoms with Crippen molar-refractivity contribution in [3.8, 4) is 0 Å². The van der Waals surface area contributed by atoms with E-state index in [1.807, 2.05) is 20.8 Å². The van der Waals surface area contributed by atoms with Gasteiger partial charge in [-0.25, -0.2) is 12.7 Å². The molecule has 0 N–H and O–H groups in total. The summed E-state index contributed by atoms with van der Waals surface area (Å²) < 4.78 is 24.5. The van der Waals surface area contributed by atoms with Crippen molar-refractivity contribution in [1.82, 2.24) is 9.21 Å². The minimum Gasteiger partial charge on any atom is -0.343 e. The maximum atomic E-state index is 11.8. The first-order valence-electron chi connectivity index (χ1n) is 6.59. The SMILES string of the molecule is CCCCN(CCC(=O)N(CC)CC)S(C)(=O)=O. The topological polar surface area (TPSA) is 57.7 Å². The number of rotatable bonds is 9. The number of carbonyl (C=O) groups is 1. The molecule has 0 bridgehead atoms. The van der Waals surface area contributed by atoms with Gasteiger partial charge in [0.25, 0.3) is 0 Å². The third kappa shape index (κ3) is 6.35. The predicted octanol–water partition coefficient (Wildman–Crippen LogP) is 1.31. The molecule has 0 aliphatic carbocycles. The first-order chi connectivity index (χ1) is 8.36. The second-order valence-corrected chi connectivity index (χ2v) is 6.31. The zero-order chi connectivity index (χ0) is 14.2. The highest BCUT2D eigenvalue weighted by Crippen LogP contribution is 2.04. The molecule has 0 saturated carbocycles. The quantitative estimate of drug-likeness (QED) is 0.639. The van der Waals surface area contributed by atoms with Gasteiger partial charge in [-0.2, -0.15) is 0 Å². The molecule has 0 aromatic carbocycles. The van der Waals surface area contributed by atoms with E-state index >= 15 is 0 Å². The summed E-state index contributed by atoms with van der Waals surface area (Å²) in [6.07, 6.45) is 3.23. The van der Waals surface area contributed by atoms with Gasteiger partial charge < -0.3 is 4.90 Å². The lowest BCUT2D eigenvalue weighted by Gasteiger charge is -2.22. The van der Waals surface area contributed by atoms with Crippen molar-refractivity contribution in [1.29, 1.82) is 0 Å². The molecule has 0 unspecified atom stereocenters. The molecular weight excluding hydrogens is 252 g/mol. The van der Waals surface area contributed by atoms with Gasteiger partial charge >= 0.3 is 0 Å². The van der Waals surface area contributed by atoms with E-state index in [2.05, 4.69) is 0 Å². The summed E-state index contributed by atoms with van der Waals surface area (Å²) in [5, 5.41) is 0. The number of sulfonamides is 1. The molecule has 0 rings (SSSR count). The Morgan fingerprint density at radius 1 is 1.06 bits per heavy atom. The fourth-order valence-electron chi connectivity index (χ4n) is 1.73. The fourth-order valence-corrected chi connectivity index (χ4v) is 2.62. The lowest BCUT2D eigenvalue weighted by Crippen LogP contribution is -2.37. The maximum absolute atomic E-state index is 11.8. The molecule has 6 heteroatoms. The average molecular weight is 278 g/mol. The Bertz CT molecular complexity index is 337. The van der Waals surface area contributed by atoms with E-state index in [0.717, 1.165) is 12.8 Å². The lowest BCUT2D eigenvalue weighted by atomic mass is 10.3. The van der Waals surface area contributed by atoms with Crippen LogP contribution in [0.4, 0.5) is 0 Å². The number of nitrogens with zero attached hydrogens (tertiary/aromatic N) is 2. The van der Waals surface area contributed by atoms with Crippen molar-refractivity contribution in [3.05, 3.63) is 0 Å². The lowest BCUT2D eigenvalue weighted by molar-refractivity contribution is -0.130. The van der Waals surface area contributed by atoms with Crippen LogP contribution in [0.3, 0.4) is 0 Å². The second kappa shape index (κ2) is 8.48. The van der Waals surface area contributed by atoms with Crippen LogP contribution in [-0.4, -0.2) is 56.0 Å². The van der Waals surface area contributed by atoms with Crippen molar-refractivity contribution in [2.24, 2.45) is 0 Å². The van der Waals surface area contributed by atoms with Crippen LogP contribution in [0.5, 0.6) is 0 Å². The Kier molecular flexibility index (Phi) is 8.18. The van der Waals surface area contributed by atoms with Gasteiger partial charge in [-0.1, -0.05) is 13.3 Å². The zero-order valence-corrected chi connectivity index (χ0v) is 12.8. The van der Waals surface area contributed by atoms with E-state index < -0.39 is 10.0 Å². The molecule has 0 aromatic rings. The molecule has 108 valence electrons. The van der Waals surface area contributed by atoms with Crippen LogP contribution in [-0.2, 0) is 14.8 Å². The Morgan fingerprint density at radius 2 is 1.61 bits per heavy atom. The molecule has 0 radical (unpaired) electrons. The predicted molar refractivity (Wildman–Crippen MR) is 73.9 cm³/mol. The largest absolute Gasteiger partial charge is 0.343 e. The van der Waals surface area contributed by atoms with E-state index in [-0.39, 0.29) is 18.9 Å². The van der Waals surface area contributed by atoms with Crippen LogP contribution in [0.1, 0.15) is 40.0 Å². The summed E-state index contributed by atoms with van der Waals surface area (Å²) >= 11 is 0. The molecule has 0 atom stereocenters. The van der Waals surface area contributed by atoms with E-state index in [1.165, 1.54) is 10.6 Å². The van der Waals surface area contributed by atoms with Gasteiger partial charge in [-0.05, 0) is 20.3 Å². The smallest absolute Gasteiger partial charge is 0.223 e. The van der Waals surface area contributed by atoms with Crippen molar-refractivity contribution in [2.45, 2.75) is 40.0 Å². The van der Waals surface area contributed by atoms with Gasteiger partial charge in [0.15, 0.2) is 0 Å². The summed E-state index contributed by atoms with van der Waals surface area (Å²) in [5.41, 5.74) is 0. The molecule has 1 amide bonds. The molecule has 0 aromatic heterocycles. The van der Waals surface area contributed by atoms with Gasteiger partial charge in [-0.3, -0.25) is 4.79 Å². The highest BCUT2D eigenvalue weighted by molar-refractivity contribution is 7.88. The van der Waals surface area contributed by atoms with Gasteiger partial charge in [-0.15, -0.1) is 0 Å². The van der Waals surface area contributed by atoms with Crippen LogP contribution < -0.4 is 0 Å².